The highest BCUT2D eigenvalue weighted by atomic mass is 79.9. The van der Waals surface area contributed by atoms with Gasteiger partial charge in [0, 0.05) is 4.47 Å². The van der Waals surface area contributed by atoms with Crippen molar-refractivity contribution in [2.45, 2.75) is 13.0 Å². The Bertz CT molecular complexity index is 600. The molecule has 2 rings (SSSR count). The molecule has 1 N–H and O–H groups in total. The van der Waals surface area contributed by atoms with Crippen LogP contribution in [0, 0.1) is 0 Å². The molecule has 0 bridgehead atoms. The van der Waals surface area contributed by atoms with E-state index in [0.29, 0.717) is 21.5 Å². The van der Waals surface area contributed by atoms with Crippen molar-refractivity contribution in [1.82, 2.24) is 0 Å². The lowest BCUT2D eigenvalue weighted by Gasteiger charge is -2.11. The molecule has 5 heteroatoms. The van der Waals surface area contributed by atoms with E-state index in [1.165, 1.54) is 0 Å². The molecule has 0 aliphatic carbocycles. The van der Waals surface area contributed by atoms with Gasteiger partial charge in [-0.1, -0.05) is 45.2 Å². The van der Waals surface area contributed by atoms with Gasteiger partial charge in [0.2, 0.25) is 0 Å². The summed E-state index contributed by atoms with van der Waals surface area (Å²) < 4.78 is 6.54. The van der Waals surface area contributed by atoms with Crippen molar-refractivity contribution < 1.29 is 9.84 Å². The van der Waals surface area contributed by atoms with Crippen LogP contribution in [0.15, 0.2) is 40.9 Å². The molecule has 100 valence electrons. The molecule has 19 heavy (non-hydrogen) atoms. The topological polar surface area (TPSA) is 29.5 Å². The van der Waals surface area contributed by atoms with Gasteiger partial charge in [-0.15, -0.1) is 0 Å². The first-order valence-corrected chi connectivity index (χ1v) is 7.12. The van der Waals surface area contributed by atoms with Gasteiger partial charge in [0.05, 0.1) is 16.1 Å². The van der Waals surface area contributed by atoms with E-state index in [2.05, 4.69) is 15.9 Å². The first-order chi connectivity index (χ1) is 8.97. The molecule has 1 unspecified atom stereocenters. The van der Waals surface area contributed by atoms with E-state index in [-0.39, 0.29) is 0 Å². The second-order valence-corrected chi connectivity index (χ2v) is 5.77. The number of aliphatic hydroxyl groups is 1. The second kappa shape index (κ2) is 6.14. The Kier molecular flexibility index (Phi) is 4.74. The SMILES string of the molecule is CC(O)c1ccc(Oc2cc(Br)ccc2Cl)c(Cl)c1. The Morgan fingerprint density at radius 1 is 1.05 bits per heavy atom. The van der Waals surface area contributed by atoms with Gasteiger partial charge in [-0.2, -0.15) is 0 Å². The van der Waals surface area contributed by atoms with Crippen molar-refractivity contribution in [1.29, 1.82) is 0 Å². The largest absolute Gasteiger partial charge is 0.454 e. The molecular weight excluding hydrogens is 351 g/mol. The lowest BCUT2D eigenvalue weighted by Crippen LogP contribution is -1.92. The van der Waals surface area contributed by atoms with E-state index in [4.69, 9.17) is 27.9 Å². The maximum atomic E-state index is 9.48. The molecule has 0 aliphatic heterocycles. The summed E-state index contributed by atoms with van der Waals surface area (Å²) >= 11 is 15.5. The Balaban J connectivity index is 2.31. The first-order valence-electron chi connectivity index (χ1n) is 5.58. The van der Waals surface area contributed by atoms with Gasteiger partial charge in [0.15, 0.2) is 0 Å². The molecule has 0 saturated heterocycles. The van der Waals surface area contributed by atoms with Gasteiger partial charge >= 0.3 is 0 Å². The minimum atomic E-state index is -0.569. The van der Waals surface area contributed by atoms with E-state index in [1.54, 1.807) is 37.3 Å². The number of benzene rings is 2. The van der Waals surface area contributed by atoms with Crippen LogP contribution in [0.2, 0.25) is 10.0 Å². The van der Waals surface area contributed by atoms with Crippen LogP contribution in [0.1, 0.15) is 18.6 Å². The van der Waals surface area contributed by atoms with Crippen molar-refractivity contribution >= 4 is 39.1 Å². The van der Waals surface area contributed by atoms with Crippen LogP contribution in [0.3, 0.4) is 0 Å². The molecule has 2 nitrogen and oxygen atoms in total. The summed E-state index contributed by atoms with van der Waals surface area (Å²) in [6, 6.07) is 10.5. The van der Waals surface area contributed by atoms with Crippen LogP contribution in [0.25, 0.3) is 0 Å². The Morgan fingerprint density at radius 2 is 1.79 bits per heavy atom. The van der Waals surface area contributed by atoms with Crippen LogP contribution in [0.5, 0.6) is 11.5 Å². The molecular formula is C14H11BrCl2O2. The summed E-state index contributed by atoms with van der Waals surface area (Å²) in [6.45, 7) is 1.68. The lowest BCUT2D eigenvalue weighted by atomic mass is 10.1. The van der Waals surface area contributed by atoms with Crippen molar-refractivity contribution in [2.75, 3.05) is 0 Å². The Labute approximate surface area is 130 Å². The highest BCUT2D eigenvalue weighted by Gasteiger charge is 2.09. The summed E-state index contributed by atoms with van der Waals surface area (Å²) in [7, 11) is 0. The van der Waals surface area contributed by atoms with Crippen LogP contribution in [-0.2, 0) is 0 Å². The van der Waals surface area contributed by atoms with Crippen molar-refractivity contribution in [2.24, 2.45) is 0 Å². The monoisotopic (exact) mass is 360 g/mol. The van der Waals surface area contributed by atoms with Crippen LogP contribution < -0.4 is 4.74 Å². The number of hydrogen-bond acceptors (Lipinski definition) is 2. The molecule has 0 aliphatic rings. The quantitative estimate of drug-likeness (QED) is 0.770. The number of hydrogen-bond donors (Lipinski definition) is 1. The van der Waals surface area contributed by atoms with Gasteiger partial charge in [-0.25, -0.2) is 0 Å². The first kappa shape index (κ1) is 14.7. The average Bonchev–Trinajstić information content (AvgIpc) is 2.36. The van der Waals surface area contributed by atoms with Gasteiger partial charge in [-0.05, 0) is 42.8 Å². The normalized spacial score (nSPS) is 12.3. The third-order valence-corrected chi connectivity index (χ3v) is 3.65. The predicted octanol–water partition coefficient (Wildman–Crippen LogP) is 5.60. The van der Waals surface area contributed by atoms with E-state index in [1.807, 2.05) is 6.07 Å². The van der Waals surface area contributed by atoms with Crippen LogP contribution in [0.4, 0.5) is 0 Å². The molecule has 0 fully saturated rings. The van der Waals surface area contributed by atoms with E-state index < -0.39 is 6.10 Å². The highest BCUT2D eigenvalue weighted by molar-refractivity contribution is 9.10. The zero-order valence-corrected chi connectivity index (χ0v) is 13.1. The second-order valence-electron chi connectivity index (χ2n) is 4.04. The summed E-state index contributed by atoms with van der Waals surface area (Å²) in [5.74, 6) is 1.01. The minimum absolute atomic E-state index is 0.425. The molecule has 0 aromatic heterocycles. The Morgan fingerprint density at radius 3 is 2.42 bits per heavy atom. The molecule has 0 spiro atoms. The molecule has 0 amide bonds. The van der Waals surface area contributed by atoms with E-state index in [9.17, 15) is 5.11 Å². The van der Waals surface area contributed by atoms with Crippen molar-refractivity contribution in [3.8, 4) is 11.5 Å². The summed E-state index contributed by atoms with van der Waals surface area (Å²) in [6.07, 6.45) is -0.569. The maximum Gasteiger partial charge on any atom is 0.147 e. The average molecular weight is 362 g/mol. The molecule has 0 heterocycles. The summed E-state index contributed by atoms with van der Waals surface area (Å²) in [4.78, 5) is 0. The maximum absolute atomic E-state index is 9.48. The third kappa shape index (κ3) is 3.63. The summed E-state index contributed by atoms with van der Waals surface area (Å²) in [5, 5.41) is 10.4. The Hall–Kier alpha value is -0.740. The smallest absolute Gasteiger partial charge is 0.147 e. The molecule has 0 radical (unpaired) electrons. The van der Waals surface area contributed by atoms with Gasteiger partial charge in [0.25, 0.3) is 0 Å². The van der Waals surface area contributed by atoms with Crippen molar-refractivity contribution in [3.05, 3.63) is 56.5 Å². The highest BCUT2D eigenvalue weighted by Crippen LogP contribution is 2.36. The van der Waals surface area contributed by atoms with E-state index >= 15 is 0 Å². The minimum Gasteiger partial charge on any atom is -0.454 e. The zero-order valence-electron chi connectivity index (χ0n) is 10.0. The van der Waals surface area contributed by atoms with Gasteiger partial charge in [0.1, 0.15) is 11.5 Å². The fourth-order valence-electron chi connectivity index (χ4n) is 1.53. The van der Waals surface area contributed by atoms with Crippen LogP contribution in [-0.4, -0.2) is 5.11 Å². The number of aliphatic hydroxyl groups excluding tert-OH is 1. The fourth-order valence-corrected chi connectivity index (χ4v) is 2.26. The van der Waals surface area contributed by atoms with Crippen LogP contribution >= 0.6 is 39.1 Å². The summed E-state index contributed by atoms with van der Waals surface area (Å²) in [5.41, 5.74) is 0.734. The zero-order chi connectivity index (χ0) is 14.0. The van der Waals surface area contributed by atoms with Gasteiger partial charge in [-0.3, -0.25) is 0 Å². The number of rotatable bonds is 3. The molecule has 2 aromatic rings. The molecule has 2 aromatic carbocycles. The van der Waals surface area contributed by atoms with E-state index in [0.717, 1.165) is 10.0 Å². The van der Waals surface area contributed by atoms with Crippen molar-refractivity contribution in [3.63, 3.8) is 0 Å². The molecule has 0 saturated carbocycles. The lowest BCUT2D eigenvalue weighted by molar-refractivity contribution is 0.199. The number of halogens is 3. The predicted molar refractivity (Wildman–Crippen MR) is 81.3 cm³/mol. The standard InChI is InChI=1S/C14H11BrCl2O2/c1-8(18)9-2-5-13(12(17)6-9)19-14-7-10(15)3-4-11(14)16/h2-8,18H,1H3. The number of ether oxygens (including phenoxy) is 1. The fraction of sp³-hybridized carbons (Fsp3) is 0.143. The molecule has 1 atom stereocenters. The van der Waals surface area contributed by atoms with Gasteiger partial charge < -0.3 is 9.84 Å². The third-order valence-electron chi connectivity index (χ3n) is 2.55.